The van der Waals surface area contributed by atoms with Gasteiger partial charge < -0.3 is 4.90 Å². The summed E-state index contributed by atoms with van der Waals surface area (Å²) in [5.41, 5.74) is 1.68. The van der Waals surface area contributed by atoms with Crippen LogP contribution in [0.5, 0.6) is 0 Å². The lowest BCUT2D eigenvalue weighted by molar-refractivity contribution is 0.0693. The van der Waals surface area contributed by atoms with Crippen molar-refractivity contribution in [3.63, 3.8) is 0 Å². The van der Waals surface area contributed by atoms with Crippen molar-refractivity contribution in [3.8, 4) is 10.6 Å². The molecule has 1 saturated heterocycles. The summed E-state index contributed by atoms with van der Waals surface area (Å²) >= 11 is 1.21. The minimum Gasteiger partial charge on any atom is -0.335 e. The van der Waals surface area contributed by atoms with E-state index in [9.17, 15) is 17.6 Å². The van der Waals surface area contributed by atoms with Gasteiger partial charge in [-0.1, -0.05) is 38.1 Å². The lowest BCUT2D eigenvalue weighted by atomic mass is 10.0. The fraction of sp³-hybridized carbons (Fsp3) is 0.304. The first kappa shape index (κ1) is 22.6. The highest BCUT2D eigenvalue weighted by Gasteiger charge is 2.31. The molecule has 4 rings (SSSR count). The Morgan fingerprint density at radius 3 is 2.31 bits per heavy atom. The maximum atomic E-state index is 14.0. The van der Waals surface area contributed by atoms with Gasteiger partial charge in [-0.3, -0.25) is 4.79 Å². The van der Waals surface area contributed by atoms with E-state index in [1.165, 1.54) is 21.7 Å². The molecule has 1 amide bonds. The van der Waals surface area contributed by atoms with Gasteiger partial charge in [0.25, 0.3) is 5.91 Å². The van der Waals surface area contributed by atoms with Crippen LogP contribution >= 0.6 is 11.3 Å². The quantitative estimate of drug-likeness (QED) is 0.556. The highest BCUT2D eigenvalue weighted by Crippen LogP contribution is 2.27. The van der Waals surface area contributed by atoms with E-state index in [1.54, 1.807) is 40.6 Å². The zero-order valence-electron chi connectivity index (χ0n) is 17.9. The summed E-state index contributed by atoms with van der Waals surface area (Å²) in [4.78, 5) is 19.0. The Morgan fingerprint density at radius 1 is 1.03 bits per heavy atom. The number of halogens is 1. The predicted octanol–water partition coefficient (Wildman–Crippen LogP) is 4.22. The number of rotatable bonds is 5. The van der Waals surface area contributed by atoms with Gasteiger partial charge in [0.05, 0.1) is 4.90 Å². The third kappa shape index (κ3) is 4.46. The molecule has 0 N–H and O–H groups in total. The average molecular weight is 474 g/mol. The van der Waals surface area contributed by atoms with Crippen molar-refractivity contribution in [2.45, 2.75) is 24.7 Å². The molecule has 0 aliphatic carbocycles. The van der Waals surface area contributed by atoms with Crippen LogP contribution in [0.25, 0.3) is 10.6 Å². The van der Waals surface area contributed by atoms with Gasteiger partial charge in [-0.15, -0.1) is 11.3 Å². The van der Waals surface area contributed by atoms with Gasteiger partial charge in [-0.05, 0) is 35.7 Å². The van der Waals surface area contributed by atoms with E-state index < -0.39 is 10.0 Å². The number of carbonyl (C=O) groups is 1. The van der Waals surface area contributed by atoms with Crippen LogP contribution in [-0.2, 0) is 10.0 Å². The van der Waals surface area contributed by atoms with E-state index in [2.05, 4.69) is 18.8 Å². The Bertz CT molecular complexity index is 1220. The number of carbonyl (C=O) groups excluding carboxylic acids is 1. The lowest BCUT2D eigenvalue weighted by Gasteiger charge is -2.33. The van der Waals surface area contributed by atoms with Crippen molar-refractivity contribution in [1.82, 2.24) is 14.2 Å². The highest BCUT2D eigenvalue weighted by atomic mass is 32.2. The van der Waals surface area contributed by atoms with Crippen LogP contribution in [-0.4, -0.2) is 54.7 Å². The first-order valence-corrected chi connectivity index (χ1v) is 12.7. The molecule has 6 nitrogen and oxygen atoms in total. The Morgan fingerprint density at radius 2 is 1.69 bits per heavy atom. The molecule has 0 unspecified atom stereocenters. The molecule has 3 aromatic rings. The van der Waals surface area contributed by atoms with Gasteiger partial charge in [0.1, 0.15) is 16.5 Å². The fourth-order valence-electron chi connectivity index (χ4n) is 3.60. The molecule has 0 spiro atoms. The molecule has 1 aromatic heterocycles. The second kappa shape index (κ2) is 9.09. The minimum absolute atomic E-state index is 0.213. The topological polar surface area (TPSA) is 70.6 Å². The third-order valence-corrected chi connectivity index (χ3v) is 8.33. The summed E-state index contributed by atoms with van der Waals surface area (Å²) in [6.45, 7) is 5.08. The van der Waals surface area contributed by atoms with Crippen molar-refractivity contribution in [2.24, 2.45) is 0 Å². The van der Waals surface area contributed by atoms with Gasteiger partial charge in [0, 0.05) is 37.1 Å². The first-order valence-electron chi connectivity index (χ1n) is 10.4. The first-order chi connectivity index (χ1) is 15.3. The molecule has 2 aromatic carbocycles. The van der Waals surface area contributed by atoms with Gasteiger partial charge in [-0.2, -0.15) is 4.31 Å². The summed E-state index contributed by atoms with van der Waals surface area (Å²) < 4.78 is 41.4. The summed E-state index contributed by atoms with van der Waals surface area (Å²) in [7, 11) is -3.61. The molecule has 0 bridgehead atoms. The zero-order valence-corrected chi connectivity index (χ0v) is 19.5. The van der Waals surface area contributed by atoms with Crippen molar-refractivity contribution >= 4 is 27.3 Å². The van der Waals surface area contributed by atoms with Crippen molar-refractivity contribution in [2.75, 3.05) is 26.2 Å². The normalized spacial score (nSPS) is 15.3. The summed E-state index contributed by atoms with van der Waals surface area (Å²) in [5, 5.41) is 2.06. The standard InChI is InChI=1S/C23H24FN3O3S2/c1-16(2)17-7-9-18(10-8-17)32(29,30)27-13-11-26(12-14-27)23(28)21-15-31-22(25-21)19-5-3-4-6-20(19)24/h3-10,15-16H,11-14H2,1-2H3. The number of hydrogen-bond donors (Lipinski definition) is 0. The van der Waals surface area contributed by atoms with Crippen LogP contribution in [0.2, 0.25) is 0 Å². The molecule has 1 aliphatic rings. The number of hydrogen-bond acceptors (Lipinski definition) is 5. The number of sulfonamides is 1. The second-order valence-electron chi connectivity index (χ2n) is 7.94. The van der Waals surface area contributed by atoms with E-state index in [-0.39, 0.29) is 48.5 Å². The molecule has 1 aliphatic heterocycles. The maximum Gasteiger partial charge on any atom is 0.273 e. The third-order valence-electron chi connectivity index (χ3n) is 5.54. The zero-order chi connectivity index (χ0) is 22.9. The van der Waals surface area contributed by atoms with Crippen LogP contribution in [0.15, 0.2) is 58.8 Å². The van der Waals surface area contributed by atoms with Gasteiger partial charge in [0.15, 0.2) is 0 Å². The molecular formula is C23H24FN3O3S2. The number of benzene rings is 2. The highest BCUT2D eigenvalue weighted by molar-refractivity contribution is 7.89. The smallest absolute Gasteiger partial charge is 0.273 e. The number of amides is 1. The van der Waals surface area contributed by atoms with E-state index >= 15 is 0 Å². The Kier molecular flexibility index (Phi) is 6.41. The summed E-state index contributed by atoms with van der Waals surface area (Å²) in [6, 6.07) is 13.3. The lowest BCUT2D eigenvalue weighted by Crippen LogP contribution is -2.50. The molecule has 9 heteroatoms. The van der Waals surface area contributed by atoms with Gasteiger partial charge in [-0.25, -0.2) is 17.8 Å². The van der Waals surface area contributed by atoms with Crippen LogP contribution in [0.1, 0.15) is 35.8 Å². The minimum atomic E-state index is -3.61. The van der Waals surface area contributed by atoms with Crippen molar-refractivity contribution < 1.29 is 17.6 Å². The summed E-state index contributed by atoms with van der Waals surface area (Å²) in [5.74, 6) is -0.339. The van der Waals surface area contributed by atoms with Crippen LogP contribution in [0, 0.1) is 5.82 Å². The Hall–Kier alpha value is -2.62. The number of piperazine rings is 1. The SMILES string of the molecule is CC(C)c1ccc(S(=O)(=O)N2CCN(C(=O)c3csc(-c4ccccc4F)n3)CC2)cc1. The largest absolute Gasteiger partial charge is 0.335 e. The molecule has 0 saturated carbocycles. The van der Waals surface area contributed by atoms with E-state index in [1.807, 2.05) is 12.1 Å². The molecule has 32 heavy (non-hydrogen) atoms. The molecule has 0 radical (unpaired) electrons. The Balaban J connectivity index is 1.42. The van der Waals surface area contributed by atoms with Gasteiger partial charge in [0.2, 0.25) is 10.0 Å². The summed E-state index contributed by atoms with van der Waals surface area (Å²) in [6.07, 6.45) is 0. The fourth-order valence-corrected chi connectivity index (χ4v) is 5.84. The average Bonchev–Trinajstić information content (AvgIpc) is 3.29. The Labute approximate surface area is 191 Å². The monoisotopic (exact) mass is 473 g/mol. The number of thiazole rings is 1. The van der Waals surface area contributed by atoms with Crippen molar-refractivity contribution in [1.29, 1.82) is 0 Å². The predicted molar refractivity (Wildman–Crippen MR) is 123 cm³/mol. The molecule has 0 atom stereocenters. The second-order valence-corrected chi connectivity index (χ2v) is 10.7. The molecule has 1 fully saturated rings. The number of aromatic nitrogens is 1. The maximum absolute atomic E-state index is 14.0. The van der Waals surface area contributed by atoms with E-state index in [0.29, 0.717) is 16.5 Å². The van der Waals surface area contributed by atoms with Crippen LogP contribution in [0.3, 0.4) is 0 Å². The number of nitrogens with zero attached hydrogens (tertiary/aromatic N) is 3. The van der Waals surface area contributed by atoms with Crippen LogP contribution in [0.4, 0.5) is 4.39 Å². The van der Waals surface area contributed by atoms with E-state index in [4.69, 9.17) is 0 Å². The van der Waals surface area contributed by atoms with Crippen molar-refractivity contribution in [3.05, 3.63) is 71.0 Å². The molecule has 168 valence electrons. The van der Waals surface area contributed by atoms with Gasteiger partial charge >= 0.3 is 0 Å². The van der Waals surface area contributed by atoms with Crippen LogP contribution < -0.4 is 0 Å². The van der Waals surface area contributed by atoms with E-state index in [0.717, 1.165) is 5.56 Å². The molecular weight excluding hydrogens is 449 g/mol. The molecule has 2 heterocycles.